The van der Waals surface area contributed by atoms with E-state index in [9.17, 15) is 13.6 Å². The molecular formula is C8H10BrF2NO2. The minimum absolute atomic E-state index is 0.579. The van der Waals surface area contributed by atoms with Gasteiger partial charge in [0.15, 0.2) is 10.4 Å². The van der Waals surface area contributed by atoms with E-state index in [1.54, 1.807) is 0 Å². The maximum absolute atomic E-state index is 13.9. The summed E-state index contributed by atoms with van der Waals surface area (Å²) in [6.07, 6.45) is 1.60. The Labute approximate surface area is 88.3 Å². The number of carbonyl (C=O) groups is 1. The summed E-state index contributed by atoms with van der Waals surface area (Å²) in [6, 6.07) is 0. The average Bonchev–Trinajstić information content (AvgIpc) is 2.00. The van der Waals surface area contributed by atoms with Gasteiger partial charge < -0.3 is 10.4 Å². The van der Waals surface area contributed by atoms with Gasteiger partial charge in [0, 0.05) is 6.42 Å². The highest BCUT2D eigenvalue weighted by atomic mass is 79.9. The summed E-state index contributed by atoms with van der Waals surface area (Å²) < 4.78 is 25.3. The zero-order valence-corrected chi connectivity index (χ0v) is 9.01. The minimum atomic E-state index is -2.27. The van der Waals surface area contributed by atoms with E-state index < -0.39 is 28.7 Å². The van der Waals surface area contributed by atoms with E-state index in [1.165, 1.54) is 6.92 Å². The van der Waals surface area contributed by atoms with Crippen molar-refractivity contribution in [1.82, 2.24) is 5.32 Å². The summed E-state index contributed by atoms with van der Waals surface area (Å²) in [5, 5.41) is 10.9. The maximum Gasteiger partial charge on any atom is 0.311 e. The number of nitrogens with one attached hydrogen (secondary N) is 1. The molecule has 1 rings (SSSR count). The highest BCUT2D eigenvalue weighted by Gasteiger charge is 2.48. The number of hydrogen-bond donors (Lipinski definition) is 2. The highest BCUT2D eigenvalue weighted by molar-refractivity contribution is 9.10. The zero-order chi connectivity index (χ0) is 11.0. The predicted octanol–water partition coefficient (Wildman–Crippen LogP) is 1.94. The van der Waals surface area contributed by atoms with E-state index in [0.717, 1.165) is 12.3 Å². The van der Waals surface area contributed by atoms with Crippen LogP contribution >= 0.6 is 15.9 Å². The van der Waals surface area contributed by atoms with Crippen LogP contribution in [0.5, 0.6) is 0 Å². The number of alkyl halides is 3. The fraction of sp³-hybridized carbons (Fsp3) is 0.625. The molecule has 0 radical (unpaired) electrons. The summed E-state index contributed by atoms with van der Waals surface area (Å²) in [4.78, 5) is 10.6. The molecule has 1 aliphatic heterocycles. The Balaban J connectivity index is 2.87. The molecule has 1 heterocycles. The SMILES string of the molecule is CC(C(=O)O)C1(F)CC(F)(Br)C=CN1. The van der Waals surface area contributed by atoms with Gasteiger partial charge in [0.25, 0.3) is 0 Å². The number of rotatable bonds is 2. The minimum Gasteiger partial charge on any atom is -0.481 e. The molecule has 3 atom stereocenters. The van der Waals surface area contributed by atoms with E-state index in [2.05, 4.69) is 21.2 Å². The van der Waals surface area contributed by atoms with Gasteiger partial charge in [0.1, 0.15) is 5.92 Å². The first-order valence-corrected chi connectivity index (χ1v) is 4.81. The number of hydrogen-bond acceptors (Lipinski definition) is 2. The van der Waals surface area contributed by atoms with Crippen molar-refractivity contribution in [3.63, 3.8) is 0 Å². The Morgan fingerprint density at radius 2 is 2.29 bits per heavy atom. The van der Waals surface area contributed by atoms with E-state index in [0.29, 0.717) is 0 Å². The molecule has 0 aromatic carbocycles. The normalized spacial score (nSPS) is 38.9. The molecule has 1 aliphatic rings. The lowest BCUT2D eigenvalue weighted by atomic mass is 9.92. The lowest BCUT2D eigenvalue weighted by Crippen LogP contribution is -2.52. The van der Waals surface area contributed by atoms with Gasteiger partial charge in [0.05, 0.1) is 0 Å². The lowest BCUT2D eigenvalue weighted by Gasteiger charge is -2.35. The van der Waals surface area contributed by atoms with Crippen molar-refractivity contribution in [2.24, 2.45) is 5.92 Å². The van der Waals surface area contributed by atoms with Crippen molar-refractivity contribution in [2.75, 3.05) is 0 Å². The van der Waals surface area contributed by atoms with Gasteiger partial charge in [-0.3, -0.25) is 4.79 Å². The van der Waals surface area contributed by atoms with Gasteiger partial charge in [-0.25, -0.2) is 8.78 Å². The van der Waals surface area contributed by atoms with E-state index in [1.807, 2.05) is 0 Å². The van der Waals surface area contributed by atoms with Crippen LogP contribution in [0.2, 0.25) is 0 Å². The molecule has 3 nitrogen and oxygen atoms in total. The second-order valence-electron chi connectivity index (χ2n) is 3.34. The van der Waals surface area contributed by atoms with Gasteiger partial charge >= 0.3 is 5.97 Å². The predicted molar refractivity (Wildman–Crippen MR) is 50.3 cm³/mol. The standard InChI is InChI=1S/C8H10BrF2NO2/c1-5(6(13)14)8(11)4-7(9,10)2-3-12-8/h2-3,5,12H,4H2,1H3,(H,13,14). The average molecular weight is 270 g/mol. The van der Waals surface area contributed by atoms with Crippen molar-refractivity contribution < 1.29 is 18.7 Å². The van der Waals surface area contributed by atoms with Crippen molar-refractivity contribution in [1.29, 1.82) is 0 Å². The maximum atomic E-state index is 13.9. The quantitative estimate of drug-likeness (QED) is 0.595. The first-order chi connectivity index (χ1) is 6.27. The molecule has 2 N–H and O–H groups in total. The van der Waals surface area contributed by atoms with E-state index in [-0.39, 0.29) is 0 Å². The molecule has 80 valence electrons. The second-order valence-corrected chi connectivity index (χ2v) is 4.66. The Hall–Kier alpha value is -0.650. The summed E-state index contributed by atoms with van der Waals surface area (Å²) in [5.41, 5.74) is 0. The third-order valence-corrected chi connectivity index (χ3v) is 2.74. The molecule has 0 aliphatic carbocycles. The number of halogens is 3. The number of carboxylic acid groups (broad SMARTS) is 1. The molecule has 0 bridgehead atoms. The fourth-order valence-corrected chi connectivity index (χ4v) is 1.77. The van der Waals surface area contributed by atoms with Crippen molar-refractivity contribution in [3.05, 3.63) is 12.3 Å². The van der Waals surface area contributed by atoms with Gasteiger partial charge in [0.2, 0.25) is 0 Å². The second kappa shape index (κ2) is 3.49. The molecule has 6 heteroatoms. The molecular weight excluding hydrogens is 260 g/mol. The molecule has 0 aromatic rings. The molecule has 0 aromatic heterocycles. The van der Waals surface area contributed by atoms with Gasteiger partial charge in [-0.05, 0) is 35.1 Å². The van der Waals surface area contributed by atoms with Crippen LogP contribution < -0.4 is 5.32 Å². The number of aliphatic carboxylic acids is 1. The lowest BCUT2D eigenvalue weighted by molar-refractivity contribution is -0.148. The summed E-state index contributed by atoms with van der Waals surface area (Å²) in [6.45, 7) is 1.19. The summed E-state index contributed by atoms with van der Waals surface area (Å²) in [7, 11) is 0. The number of carboxylic acids is 1. The molecule has 0 saturated carbocycles. The van der Waals surface area contributed by atoms with Crippen LogP contribution in [0.1, 0.15) is 13.3 Å². The van der Waals surface area contributed by atoms with Crippen LogP contribution in [0.15, 0.2) is 12.3 Å². The Morgan fingerprint density at radius 3 is 2.71 bits per heavy atom. The monoisotopic (exact) mass is 269 g/mol. The summed E-state index contributed by atoms with van der Waals surface area (Å²) in [5.74, 6) is -4.89. The first-order valence-electron chi connectivity index (χ1n) is 4.02. The summed E-state index contributed by atoms with van der Waals surface area (Å²) >= 11 is 2.66. The van der Waals surface area contributed by atoms with E-state index in [4.69, 9.17) is 5.11 Å². The Kier molecular flexibility index (Phi) is 2.85. The van der Waals surface area contributed by atoms with Crippen molar-refractivity contribution in [3.8, 4) is 0 Å². The Bertz CT molecular complexity index is 283. The third kappa shape index (κ3) is 2.23. The molecule has 0 saturated heterocycles. The molecule has 0 amide bonds. The molecule has 3 unspecified atom stereocenters. The topological polar surface area (TPSA) is 49.3 Å². The van der Waals surface area contributed by atoms with Gasteiger partial charge in [-0.15, -0.1) is 0 Å². The van der Waals surface area contributed by atoms with Crippen LogP contribution in [-0.4, -0.2) is 21.4 Å². The van der Waals surface area contributed by atoms with Crippen LogP contribution in [0.25, 0.3) is 0 Å². The van der Waals surface area contributed by atoms with Crippen LogP contribution in [-0.2, 0) is 4.79 Å². The molecule has 0 fully saturated rings. The van der Waals surface area contributed by atoms with Crippen LogP contribution in [0, 0.1) is 5.92 Å². The first kappa shape index (κ1) is 11.4. The number of allylic oxidation sites excluding steroid dienone is 1. The van der Waals surface area contributed by atoms with Crippen LogP contribution in [0.4, 0.5) is 8.78 Å². The Morgan fingerprint density at radius 1 is 1.71 bits per heavy atom. The van der Waals surface area contributed by atoms with Crippen molar-refractivity contribution in [2.45, 2.75) is 23.7 Å². The van der Waals surface area contributed by atoms with E-state index >= 15 is 0 Å². The van der Waals surface area contributed by atoms with Crippen molar-refractivity contribution >= 4 is 21.9 Å². The fourth-order valence-electron chi connectivity index (χ4n) is 1.23. The largest absolute Gasteiger partial charge is 0.481 e. The molecule has 0 spiro atoms. The van der Waals surface area contributed by atoms with Gasteiger partial charge in [-0.2, -0.15) is 0 Å². The third-order valence-electron chi connectivity index (χ3n) is 2.20. The highest BCUT2D eigenvalue weighted by Crippen LogP contribution is 2.39. The molecule has 14 heavy (non-hydrogen) atoms. The zero-order valence-electron chi connectivity index (χ0n) is 7.43. The van der Waals surface area contributed by atoms with Crippen LogP contribution in [0.3, 0.4) is 0 Å². The smallest absolute Gasteiger partial charge is 0.311 e. The van der Waals surface area contributed by atoms with Gasteiger partial charge in [-0.1, -0.05) is 0 Å².